The van der Waals surface area contributed by atoms with Crippen molar-refractivity contribution >= 4 is 11.6 Å². The van der Waals surface area contributed by atoms with E-state index in [0.29, 0.717) is 18.3 Å². The van der Waals surface area contributed by atoms with Gasteiger partial charge < -0.3 is 29.7 Å². The van der Waals surface area contributed by atoms with Gasteiger partial charge in [-0.3, -0.25) is 4.79 Å². The molecule has 0 aliphatic carbocycles. The maximum Gasteiger partial charge on any atom is 0.273 e. The third-order valence-electron chi connectivity index (χ3n) is 5.66. The van der Waals surface area contributed by atoms with Gasteiger partial charge in [0.2, 0.25) is 0 Å². The van der Waals surface area contributed by atoms with Crippen molar-refractivity contribution in [1.82, 2.24) is 15.4 Å². The van der Waals surface area contributed by atoms with Crippen LogP contribution in [-0.4, -0.2) is 52.4 Å². The molecule has 1 amide bonds. The number of hydrogen-bond donors (Lipinski definition) is 3. The highest BCUT2D eigenvalue weighted by molar-refractivity contribution is 5.93. The summed E-state index contributed by atoms with van der Waals surface area (Å²) in [7, 11) is 2.08. The monoisotopic (exact) mass is 452 g/mol. The van der Waals surface area contributed by atoms with Crippen molar-refractivity contribution in [2.75, 3.05) is 20.1 Å². The predicted octanol–water partition coefficient (Wildman–Crippen LogP) is 4.16. The number of phenols is 2. The fourth-order valence-corrected chi connectivity index (χ4v) is 3.90. The second-order valence-corrected chi connectivity index (χ2v) is 7.92. The number of nitrogens with one attached hydrogen (secondary N) is 1. The number of benzene rings is 2. The van der Waals surface area contributed by atoms with Crippen molar-refractivity contribution in [3.63, 3.8) is 0 Å². The Morgan fingerprint density at radius 2 is 2.06 bits per heavy atom. The third kappa shape index (κ3) is 5.12. The molecule has 4 rings (SSSR count). The van der Waals surface area contributed by atoms with Gasteiger partial charge in [0.15, 0.2) is 11.5 Å². The minimum Gasteiger partial charge on any atom is -0.508 e. The van der Waals surface area contributed by atoms with E-state index in [1.54, 1.807) is 0 Å². The molecule has 1 unspecified atom stereocenters. The van der Waals surface area contributed by atoms with E-state index in [4.69, 9.17) is 9.26 Å². The number of carbonyl (C=O) groups excluding carboxylic acids is 1. The number of rotatable bonds is 8. The number of ether oxygens (including phenoxy) is 1. The van der Waals surface area contributed by atoms with Crippen molar-refractivity contribution in [3.8, 4) is 34.3 Å². The average Bonchev–Trinajstić information content (AvgIpc) is 3.43. The lowest BCUT2D eigenvalue weighted by Gasteiger charge is -2.18. The van der Waals surface area contributed by atoms with E-state index < -0.39 is 0 Å². The predicted molar refractivity (Wildman–Crippen MR) is 120 cm³/mol. The van der Waals surface area contributed by atoms with Gasteiger partial charge in [-0.05, 0) is 62.3 Å². The Hall–Kier alpha value is -3.92. The van der Waals surface area contributed by atoms with Crippen molar-refractivity contribution in [2.45, 2.75) is 25.3 Å². The summed E-state index contributed by atoms with van der Waals surface area (Å²) < 4.78 is 11.1. The molecule has 3 aromatic rings. The maximum atomic E-state index is 12.5. The van der Waals surface area contributed by atoms with E-state index >= 15 is 0 Å². The number of phenolic OH excluding ortho intramolecular Hbond substituents is 2. The summed E-state index contributed by atoms with van der Waals surface area (Å²) >= 11 is 0. The lowest BCUT2D eigenvalue weighted by atomic mass is 10.1. The minimum absolute atomic E-state index is 0.0598. The molecule has 172 valence electrons. The van der Waals surface area contributed by atoms with Gasteiger partial charge in [0.25, 0.3) is 5.91 Å². The Balaban J connectivity index is 1.50. The maximum absolute atomic E-state index is 12.5. The molecule has 33 heavy (non-hydrogen) atoms. The zero-order valence-electron chi connectivity index (χ0n) is 18.0. The van der Waals surface area contributed by atoms with Gasteiger partial charge in [0.1, 0.15) is 34.2 Å². The van der Waals surface area contributed by atoms with Crippen LogP contribution in [0, 0.1) is 4.91 Å². The molecule has 2 heterocycles. The normalized spacial score (nSPS) is 16.0. The molecule has 10 heteroatoms. The summed E-state index contributed by atoms with van der Waals surface area (Å²) in [5.41, 5.74) is 0.404. The second kappa shape index (κ2) is 9.70. The first-order chi connectivity index (χ1) is 15.9. The van der Waals surface area contributed by atoms with E-state index in [0.717, 1.165) is 25.5 Å². The van der Waals surface area contributed by atoms with Gasteiger partial charge in [-0.25, -0.2) is 0 Å². The highest BCUT2D eigenvalue weighted by Gasteiger charge is 2.23. The summed E-state index contributed by atoms with van der Waals surface area (Å²) in [6.45, 7) is 1.59. The molecule has 1 aromatic heterocycles. The Morgan fingerprint density at radius 1 is 1.27 bits per heavy atom. The third-order valence-corrected chi connectivity index (χ3v) is 5.66. The molecule has 1 saturated heterocycles. The van der Waals surface area contributed by atoms with Gasteiger partial charge in [0.05, 0.1) is 0 Å². The SMILES string of the molecule is CN1CCCC1CCNC(=O)c1cc(-c2c(O)cc(O)cc2Oc2ccc(N=O)cc2)on1. The number of hydrogen-bond acceptors (Lipinski definition) is 9. The van der Waals surface area contributed by atoms with E-state index in [1.807, 2.05) is 0 Å². The summed E-state index contributed by atoms with van der Waals surface area (Å²) in [6.07, 6.45) is 3.14. The van der Waals surface area contributed by atoms with Crippen molar-refractivity contribution in [3.05, 3.63) is 53.1 Å². The lowest BCUT2D eigenvalue weighted by Crippen LogP contribution is -2.31. The van der Waals surface area contributed by atoms with Crippen LogP contribution in [-0.2, 0) is 0 Å². The van der Waals surface area contributed by atoms with Gasteiger partial charge in [-0.2, -0.15) is 0 Å². The van der Waals surface area contributed by atoms with Crippen LogP contribution in [0.3, 0.4) is 0 Å². The molecule has 3 N–H and O–H groups in total. The zero-order chi connectivity index (χ0) is 23.4. The molecule has 0 bridgehead atoms. The molecule has 1 fully saturated rings. The van der Waals surface area contributed by atoms with Gasteiger partial charge in [-0.15, -0.1) is 4.91 Å². The quantitative estimate of drug-likeness (QED) is 0.433. The molecule has 2 aromatic carbocycles. The van der Waals surface area contributed by atoms with E-state index in [1.165, 1.54) is 42.8 Å². The Morgan fingerprint density at radius 3 is 2.76 bits per heavy atom. The molecule has 1 aliphatic heterocycles. The molecular formula is C23H24N4O6. The topological polar surface area (TPSA) is 137 Å². The first-order valence-electron chi connectivity index (χ1n) is 10.6. The zero-order valence-corrected chi connectivity index (χ0v) is 18.0. The standard InChI is InChI=1S/C23H24N4O6/c1-27-10-2-3-15(27)8-9-24-23(30)18-13-21(33-26-18)22-19(29)11-16(28)12-20(22)32-17-6-4-14(25-31)5-7-17/h4-7,11-13,15,28-29H,2-3,8-10H2,1H3,(H,24,30). The Labute approximate surface area is 189 Å². The van der Waals surface area contributed by atoms with Crippen LogP contribution in [0.5, 0.6) is 23.0 Å². The summed E-state index contributed by atoms with van der Waals surface area (Å²) in [5.74, 6) is -0.428. The fraction of sp³-hybridized carbons (Fsp3) is 0.304. The minimum atomic E-state index is -0.386. The first-order valence-corrected chi connectivity index (χ1v) is 10.6. The number of aromatic nitrogens is 1. The van der Waals surface area contributed by atoms with Crippen LogP contribution >= 0.6 is 0 Å². The highest BCUT2D eigenvalue weighted by atomic mass is 16.5. The van der Waals surface area contributed by atoms with E-state index in [9.17, 15) is 19.9 Å². The number of aromatic hydroxyl groups is 2. The fourth-order valence-electron chi connectivity index (χ4n) is 3.90. The number of amides is 1. The van der Waals surface area contributed by atoms with Crippen LogP contribution in [0.1, 0.15) is 29.8 Å². The average molecular weight is 452 g/mol. The largest absolute Gasteiger partial charge is 0.508 e. The van der Waals surface area contributed by atoms with Crippen LogP contribution in [0.25, 0.3) is 11.3 Å². The molecule has 1 aliphatic rings. The van der Waals surface area contributed by atoms with Crippen LogP contribution < -0.4 is 10.1 Å². The molecule has 0 spiro atoms. The Bertz CT molecular complexity index is 1140. The molecule has 10 nitrogen and oxygen atoms in total. The molecular weight excluding hydrogens is 428 g/mol. The van der Waals surface area contributed by atoms with Crippen LogP contribution in [0.4, 0.5) is 5.69 Å². The Kier molecular flexibility index (Phi) is 6.55. The van der Waals surface area contributed by atoms with Crippen molar-refractivity contribution in [1.29, 1.82) is 0 Å². The summed E-state index contributed by atoms with van der Waals surface area (Å²) in [5, 5.41) is 29.8. The van der Waals surface area contributed by atoms with E-state index in [-0.39, 0.29) is 45.9 Å². The number of likely N-dealkylation sites (tertiary alicyclic amines) is 1. The first kappa shape index (κ1) is 22.3. The highest BCUT2D eigenvalue weighted by Crippen LogP contribution is 2.43. The van der Waals surface area contributed by atoms with Crippen molar-refractivity contribution in [2.24, 2.45) is 5.18 Å². The summed E-state index contributed by atoms with van der Waals surface area (Å²) in [4.78, 5) is 25.4. The van der Waals surface area contributed by atoms with Crippen molar-refractivity contribution < 1.29 is 24.3 Å². The second-order valence-electron chi connectivity index (χ2n) is 7.92. The molecule has 0 radical (unpaired) electrons. The number of nitroso groups, excluding NO2 is 1. The molecule has 1 atom stereocenters. The van der Waals surface area contributed by atoms with E-state index in [2.05, 4.69) is 27.6 Å². The molecule has 0 saturated carbocycles. The number of carbonyl (C=O) groups is 1. The number of nitrogens with zero attached hydrogens (tertiary/aromatic N) is 3. The smallest absolute Gasteiger partial charge is 0.273 e. The lowest BCUT2D eigenvalue weighted by molar-refractivity contribution is 0.0941. The van der Waals surface area contributed by atoms with Gasteiger partial charge in [0, 0.05) is 30.8 Å². The van der Waals surface area contributed by atoms with Crippen LogP contribution in [0.2, 0.25) is 0 Å². The van der Waals surface area contributed by atoms with Crippen LogP contribution in [0.15, 0.2) is 52.2 Å². The van der Waals surface area contributed by atoms with Gasteiger partial charge >= 0.3 is 0 Å². The summed E-state index contributed by atoms with van der Waals surface area (Å²) in [6, 6.07) is 10.2. The van der Waals surface area contributed by atoms with Gasteiger partial charge in [-0.1, -0.05) is 5.16 Å².